The normalized spacial score (nSPS) is 21.8. The molecule has 132 valence electrons. The van der Waals surface area contributed by atoms with Crippen molar-refractivity contribution in [3.63, 3.8) is 0 Å². The molecule has 22 heavy (non-hydrogen) atoms. The highest BCUT2D eigenvalue weighted by Crippen LogP contribution is 2.31. The van der Waals surface area contributed by atoms with Crippen LogP contribution in [0.3, 0.4) is 0 Å². The zero-order valence-corrected chi connectivity index (χ0v) is 16.4. The maximum absolute atomic E-state index is 9.22. The molecular weight excluding hydrogens is 397 g/mol. The second-order valence-corrected chi connectivity index (χ2v) is 5.90. The van der Waals surface area contributed by atoms with Crippen molar-refractivity contribution in [2.24, 2.45) is 10.4 Å². The largest absolute Gasteiger partial charge is 0.396 e. The molecule has 1 rings (SSSR count). The van der Waals surface area contributed by atoms with Gasteiger partial charge in [0.1, 0.15) is 0 Å². The molecule has 0 saturated carbocycles. The molecule has 1 aliphatic heterocycles. The van der Waals surface area contributed by atoms with E-state index in [1.54, 1.807) is 7.05 Å². The van der Waals surface area contributed by atoms with Gasteiger partial charge in [0, 0.05) is 45.4 Å². The number of aliphatic imine (C=N–C) groups is 1. The van der Waals surface area contributed by atoms with Crippen molar-refractivity contribution in [2.75, 3.05) is 46.6 Å². The molecule has 1 aliphatic rings. The second-order valence-electron chi connectivity index (χ2n) is 5.90. The van der Waals surface area contributed by atoms with Crippen LogP contribution in [0.25, 0.3) is 0 Å². The summed E-state index contributed by atoms with van der Waals surface area (Å²) in [6, 6.07) is 0. The SMILES string of the molecule is CN=C(NCCCOC(C)C)NCC1(CCO)CCOC1.I. The van der Waals surface area contributed by atoms with E-state index in [9.17, 15) is 5.11 Å². The standard InChI is InChI=1S/C15H31N3O3.HI/c1-13(2)21-9-4-7-17-14(16-3)18-11-15(5-8-19)6-10-20-12-15;/h13,19H,4-12H2,1-3H3,(H2,16,17,18);1H. The Morgan fingerprint density at radius 3 is 2.73 bits per heavy atom. The van der Waals surface area contributed by atoms with Gasteiger partial charge in [-0.3, -0.25) is 4.99 Å². The van der Waals surface area contributed by atoms with Gasteiger partial charge in [-0.25, -0.2) is 0 Å². The predicted molar refractivity (Wildman–Crippen MR) is 100 cm³/mol. The van der Waals surface area contributed by atoms with Gasteiger partial charge in [0.15, 0.2) is 5.96 Å². The summed E-state index contributed by atoms with van der Waals surface area (Å²) < 4.78 is 11.0. The summed E-state index contributed by atoms with van der Waals surface area (Å²) in [6.07, 6.45) is 2.98. The lowest BCUT2D eigenvalue weighted by atomic mass is 9.84. The number of nitrogens with one attached hydrogen (secondary N) is 2. The van der Waals surface area contributed by atoms with E-state index in [2.05, 4.69) is 15.6 Å². The molecule has 0 spiro atoms. The number of nitrogens with zero attached hydrogens (tertiary/aromatic N) is 1. The topological polar surface area (TPSA) is 75.1 Å². The van der Waals surface area contributed by atoms with Crippen LogP contribution in [0, 0.1) is 5.41 Å². The lowest BCUT2D eigenvalue weighted by Gasteiger charge is -2.27. The number of aliphatic hydroxyl groups is 1. The highest BCUT2D eigenvalue weighted by atomic mass is 127. The van der Waals surface area contributed by atoms with Crippen LogP contribution in [0.5, 0.6) is 0 Å². The van der Waals surface area contributed by atoms with Gasteiger partial charge in [-0.05, 0) is 33.1 Å². The third-order valence-electron chi connectivity index (χ3n) is 3.75. The predicted octanol–water partition coefficient (Wildman–Crippen LogP) is 1.37. The Hall–Kier alpha value is -0.120. The molecule has 0 radical (unpaired) electrons. The van der Waals surface area contributed by atoms with Gasteiger partial charge in [-0.1, -0.05) is 0 Å². The van der Waals surface area contributed by atoms with Crippen LogP contribution in [-0.2, 0) is 9.47 Å². The number of halogens is 1. The highest BCUT2D eigenvalue weighted by molar-refractivity contribution is 14.0. The Labute approximate surface area is 151 Å². The number of rotatable bonds is 9. The first kappa shape index (κ1) is 21.9. The summed E-state index contributed by atoms with van der Waals surface area (Å²) in [5.41, 5.74) is 0.0348. The summed E-state index contributed by atoms with van der Waals surface area (Å²) >= 11 is 0. The first-order valence-electron chi connectivity index (χ1n) is 7.86. The van der Waals surface area contributed by atoms with Crippen LogP contribution in [-0.4, -0.2) is 63.7 Å². The van der Waals surface area contributed by atoms with Gasteiger partial charge < -0.3 is 25.2 Å². The van der Waals surface area contributed by atoms with Crippen molar-refractivity contribution >= 4 is 29.9 Å². The zero-order valence-electron chi connectivity index (χ0n) is 14.1. The molecule has 6 nitrogen and oxygen atoms in total. The fraction of sp³-hybridized carbons (Fsp3) is 0.933. The third kappa shape index (κ3) is 8.50. The van der Waals surface area contributed by atoms with Crippen LogP contribution in [0.1, 0.15) is 33.1 Å². The van der Waals surface area contributed by atoms with Gasteiger partial charge in [0.2, 0.25) is 0 Å². The van der Waals surface area contributed by atoms with Gasteiger partial charge in [-0.2, -0.15) is 0 Å². The van der Waals surface area contributed by atoms with E-state index < -0.39 is 0 Å². The lowest BCUT2D eigenvalue weighted by molar-refractivity contribution is 0.0776. The quantitative estimate of drug-likeness (QED) is 0.224. The summed E-state index contributed by atoms with van der Waals surface area (Å²) in [7, 11) is 1.77. The Bertz CT molecular complexity index is 308. The Balaban J connectivity index is 0.00000441. The average molecular weight is 429 g/mol. The fourth-order valence-corrected chi connectivity index (χ4v) is 2.40. The minimum atomic E-state index is 0. The second kappa shape index (κ2) is 12.3. The van der Waals surface area contributed by atoms with Crippen LogP contribution in [0.15, 0.2) is 4.99 Å². The van der Waals surface area contributed by atoms with Crippen LogP contribution < -0.4 is 10.6 Å². The van der Waals surface area contributed by atoms with E-state index in [0.29, 0.717) is 6.61 Å². The van der Waals surface area contributed by atoms with E-state index >= 15 is 0 Å². The van der Waals surface area contributed by atoms with Crippen molar-refractivity contribution in [1.82, 2.24) is 10.6 Å². The maximum atomic E-state index is 9.22. The molecule has 1 heterocycles. The maximum Gasteiger partial charge on any atom is 0.190 e. The molecule has 3 N–H and O–H groups in total. The van der Waals surface area contributed by atoms with E-state index in [0.717, 1.165) is 51.5 Å². The zero-order chi connectivity index (χ0) is 15.6. The first-order valence-corrected chi connectivity index (χ1v) is 7.86. The minimum Gasteiger partial charge on any atom is -0.396 e. The number of hydrogen-bond donors (Lipinski definition) is 3. The highest BCUT2D eigenvalue weighted by Gasteiger charge is 2.34. The van der Waals surface area contributed by atoms with Crippen molar-refractivity contribution < 1.29 is 14.6 Å². The van der Waals surface area contributed by atoms with Crippen LogP contribution in [0.2, 0.25) is 0 Å². The van der Waals surface area contributed by atoms with Crippen LogP contribution >= 0.6 is 24.0 Å². The monoisotopic (exact) mass is 429 g/mol. The Morgan fingerprint density at radius 1 is 1.41 bits per heavy atom. The molecule has 0 aromatic rings. The van der Waals surface area contributed by atoms with Crippen molar-refractivity contribution in [1.29, 1.82) is 0 Å². The molecule has 0 amide bonds. The molecule has 1 unspecified atom stereocenters. The fourth-order valence-electron chi connectivity index (χ4n) is 2.40. The molecule has 0 bridgehead atoms. The van der Waals surface area contributed by atoms with Gasteiger partial charge in [0.05, 0.1) is 12.7 Å². The van der Waals surface area contributed by atoms with E-state index in [4.69, 9.17) is 9.47 Å². The van der Waals surface area contributed by atoms with Crippen molar-refractivity contribution in [3.8, 4) is 0 Å². The van der Waals surface area contributed by atoms with E-state index in [-0.39, 0.29) is 42.1 Å². The number of ether oxygens (including phenoxy) is 2. The first-order chi connectivity index (χ1) is 10.1. The molecule has 1 saturated heterocycles. The summed E-state index contributed by atoms with van der Waals surface area (Å²) in [6.45, 7) is 8.12. The Morgan fingerprint density at radius 2 is 2.18 bits per heavy atom. The molecule has 7 heteroatoms. The van der Waals surface area contributed by atoms with Crippen molar-refractivity contribution in [3.05, 3.63) is 0 Å². The Kier molecular flexibility index (Phi) is 12.3. The average Bonchev–Trinajstić information content (AvgIpc) is 2.91. The molecule has 1 atom stereocenters. The molecule has 0 aromatic carbocycles. The van der Waals surface area contributed by atoms with Crippen molar-refractivity contribution in [2.45, 2.75) is 39.2 Å². The number of guanidine groups is 1. The van der Waals surface area contributed by atoms with Crippen LogP contribution in [0.4, 0.5) is 0 Å². The summed E-state index contributed by atoms with van der Waals surface area (Å²) in [4.78, 5) is 4.22. The smallest absolute Gasteiger partial charge is 0.190 e. The molecule has 0 aromatic heterocycles. The minimum absolute atomic E-state index is 0. The van der Waals surface area contributed by atoms with Gasteiger partial charge in [0.25, 0.3) is 0 Å². The molecule has 1 fully saturated rings. The van der Waals surface area contributed by atoms with E-state index in [1.165, 1.54) is 0 Å². The number of hydrogen-bond acceptors (Lipinski definition) is 4. The van der Waals surface area contributed by atoms with Gasteiger partial charge in [-0.15, -0.1) is 24.0 Å². The molecule has 0 aliphatic carbocycles. The summed E-state index contributed by atoms with van der Waals surface area (Å²) in [5.74, 6) is 0.795. The molecular formula is C15H32IN3O3. The van der Waals surface area contributed by atoms with Gasteiger partial charge >= 0.3 is 0 Å². The lowest BCUT2D eigenvalue weighted by Crippen LogP contribution is -2.44. The third-order valence-corrected chi connectivity index (χ3v) is 3.75. The van der Waals surface area contributed by atoms with E-state index in [1.807, 2.05) is 13.8 Å². The number of aliphatic hydroxyl groups excluding tert-OH is 1. The summed E-state index contributed by atoms with van der Waals surface area (Å²) in [5, 5.41) is 15.8.